The van der Waals surface area contributed by atoms with Gasteiger partial charge >= 0.3 is 0 Å². The molecule has 1 atom stereocenters. The molecule has 1 aromatic carbocycles. The molecule has 22 heavy (non-hydrogen) atoms. The van der Waals surface area contributed by atoms with Crippen LogP contribution in [0.2, 0.25) is 0 Å². The molecule has 1 aliphatic rings. The molecule has 0 spiro atoms. The van der Waals surface area contributed by atoms with Gasteiger partial charge in [-0.3, -0.25) is 9.59 Å². The number of nitrogens with one attached hydrogen (secondary N) is 1. The maximum atomic E-state index is 12.4. The highest BCUT2D eigenvalue weighted by atomic mass is 16.2. The summed E-state index contributed by atoms with van der Waals surface area (Å²) in [5.41, 5.74) is 2.41. The molecule has 0 fully saturated rings. The molecule has 2 rings (SSSR count). The van der Waals surface area contributed by atoms with Gasteiger partial charge in [0.2, 0.25) is 5.91 Å². The third-order valence-electron chi connectivity index (χ3n) is 3.56. The van der Waals surface area contributed by atoms with Gasteiger partial charge in [-0.05, 0) is 25.7 Å². The van der Waals surface area contributed by atoms with Crippen molar-refractivity contribution in [3.05, 3.63) is 34.9 Å². The third kappa shape index (κ3) is 3.26. The standard InChI is InChI=1S/C16H20N4O2/c1-11(21)18-6-7-20-15(9-17)14-8-12(10-19(2)3)4-5-13(14)16(20)22/h4-5,8,15H,6-7,10H2,1-3H3,(H,18,21). The molecule has 1 N–H and O–H groups in total. The minimum absolute atomic E-state index is 0.147. The van der Waals surface area contributed by atoms with Crippen LogP contribution in [0.3, 0.4) is 0 Å². The average Bonchev–Trinajstić information content (AvgIpc) is 2.70. The van der Waals surface area contributed by atoms with Gasteiger partial charge in [0.1, 0.15) is 6.04 Å². The quantitative estimate of drug-likeness (QED) is 0.876. The highest BCUT2D eigenvalue weighted by Gasteiger charge is 2.36. The van der Waals surface area contributed by atoms with E-state index in [2.05, 4.69) is 11.4 Å². The Labute approximate surface area is 130 Å². The summed E-state index contributed by atoms with van der Waals surface area (Å²) in [7, 11) is 3.94. The topological polar surface area (TPSA) is 76.4 Å². The zero-order valence-corrected chi connectivity index (χ0v) is 13.1. The van der Waals surface area contributed by atoms with Crippen LogP contribution in [0.15, 0.2) is 18.2 Å². The highest BCUT2D eigenvalue weighted by molar-refractivity contribution is 5.99. The third-order valence-corrected chi connectivity index (χ3v) is 3.56. The molecular formula is C16H20N4O2. The van der Waals surface area contributed by atoms with Gasteiger partial charge in [-0.2, -0.15) is 5.26 Å². The summed E-state index contributed by atoms with van der Waals surface area (Å²) < 4.78 is 0. The van der Waals surface area contributed by atoms with Crippen molar-refractivity contribution in [3.8, 4) is 6.07 Å². The van der Waals surface area contributed by atoms with Crippen LogP contribution < -0.4 is 5.32 Å². The number of carbonyl (C=O) groups is 2. The molecule has 1 unspecified atom stereocenters. The molecule has 0 aliphatic carbocycles. The lowest BCUT2D eigenvalue weighted by Crippen LogP contribution is -2.36. The number of benzene rings is 1. The van der Waals surface area contributed by atoms with Gasteiger partial charge in [0.05, 0.1) is 6.07 Å². The fourth-order valence-corrected chi connectivity index (χ4v) is 2.66. The average molecular weight is 300 g/mol. The van der Waals surface area contributed by atoms with Gasteiger partial charge in [-0.1, -0.05) is 12.1 Å². The Bertz CT molecular complexity index is 634. The second kappa shape index (κ2) is 6.58. The van der Waals surface area contributed by atoms with Crippen LogP contribution in [0.25, 0.3) is 0 Å². The Balaban J connectivity index is 2.22. The summed E-state index contributed by atoms with van der Waals surface area (Å²) in [6.45, 7) is 2.85. The lowest BCUT2D eigenvalue weighted by molar-refractivity contribution is -0.119. The zero-order valence-electron chi connectivity index (χ0n) is 13.1. The number of hydrogen-bond acceptors (Lipinski definition) is 4. The van der Waals surface area contributed by atoms with Crippen molar-refractivity contribution in [2.45, 2.75) is 19.5 Å². The fraction of sp³-hybridized carbons (Fsp3) is 0.438. The number of nitriles is 1. The van der Waals surface area contributed by atoms with Crippen molar-refractivity contribution in [2.24, 2.45) is 0 Å². The molecule has 6 nitrogen and oxygen atoms in total. The van der Waals surface area contributed by atoms with Crippen LogP contribution in [-0.2, 0) is 11.3 Å². The number of hydrogen-bond donors (Lipinski definition) is 1. The maximum Gasteiger partial charge on any atom is 0.255 e. The van der Waals surface area contributed by atoms with Gasteiger partial charge in [0.25, 0.3) is 5.91 Å². The first-order valence-electron chi connectivity index (χ1n) is 7.16. The van der Waals surface area contributed by atoms with E-state index in [-0.39, 0.29) is 11.8 Å². The Morgan fingerprint density at radius 3 is 2.77 bits per heavy atom. The van der Waals surface area contributed by atoms with Crippen molar-refractivity contribution < 1.29 is 9.59 Å². The van der Waals surface area contributed by atoms with Crippen molar-refractivity contribution in [2.75, 3.05) is 27.2 Å². The summed E-state index contributed by atoms with van der Waals surface area (Å²) >= 11 is 0. The highest BCUT2D eigenvalue weighted by Crippen LogP contribution is 2.33. The molecular weight excluding hydrogens is 280 g/mol. The van der Waals surface area contributed by atoms with Crippen molar-refractivity contribution in [1.29, 1.82) is 5.26 Å². The SMILES string of the molecule is CC(=O)NCCN1C(=O)c2ccc(CN(C)C)cc2C1C#N. The molecule has 0 saturated heterocycles. The van der Waals surface area contributed by atoms with E-state index in [0.717, 1.165) is 17.7 Å². The molecule has 0 saturated carbocycles. The normalized spacial score (nSPS) is 16.6. The van der Waals surface area contributed by atoms with Crippen molar-refractivity contribution in [3.63, 3.8) is 0 Å². The first kappa shape index (κ1) is 16.0. The van der Waals surface area contributed by atoms with Crippen LogP contribution in [0.4, 0.5) is 0 Å². The lowest BCUT2D eigenvalue weighted by atomic mass is 10.0. The second-order valence-electron chi connectivity index (χ2n) is 5.67. The van der Waals surface area contributed by atoms with Gasteiger partial charge in [-0.15, -0.1) is 0 Å². The first-order chi connectivity index (χ1) is 10.4. The predicted octanol–water partition coefficient (Wildman–Crippen LogP) is 0.905. The number of fused-ring (bicyclic) bond motifs is 1. The van der Waals surface area contributed by atoms with Crippen LogP contribution in [0.5, 0.6) is 0 Å². The predicted molar refractivity (Wildman–Crippen MR) is 81.9 cm³/mol. The van der Waals surface area contributed by atoms with E-state index in [0.29, 0.717) is 18.7 Å². The van der Waals surface area contributed by atoms with Crippen LogP contribution in [-0.4, -0.2) is 48.8 Å². The molecule has 1 aromatic rings. The number of nitrogens with zero attached hydrogens (tertiary/aromatic N) is 3. The summed E-state index contributed by atoms with van der Waals surface area (Å²) in [4.78, 5) is 26.9. The van der Waals surface area contributed by atoms with E-state index in [1.165, 1.54) is 11.8 Å². The summed E-state index contributed by atoms with van der Waals surface area (Å²) in [5, 5.41) is 12.1. The Morgan fingerprint density at radius 2 is 2.18 bits per heavy atom. The van der Waals surface area contributed by atoms with E-state index < -0.39 is 6.04 Å². The van der Waals surface area contributed by atoms with Crippen molar-refractivity contribution in [1.82, 2.24) is 15.1 Å². The summed E-state index contributed by atoms with van der Waals surface area (Å²) in [6, 6.07) is 7.25. The first-order valence-corrected chi connectivity index (χ1v) is 7.16. The number of carbonyl (C=O) groups excluding carboxylic acids is 2. The molecule has 0 bridgehead atoms. The maximum absolute atomic E-state index is 12.4. The number of amides is 2. The molecule has 1 aliphatic heterocycles. The van der Waals surface area contributed by atoms with E-state index in [4.69, 9.17) is 0 Å². The van der Waals surface area contributed by atoms with Gasteiger partial charge < -0.3 is 15.1 Å². The fourth-order valence-electron chi connectivity index (χ4n) is 2.66. The summed E-state index contributed by atoms with van der Waals surface area (Å²) in [6.07, 6.45) is 0. The molecule has 0 aromatic heterocycles. The van der Waals surface area contributed by atoms with Crippen LogP contribution >= 0.6 is 0 Å². The van der Waals surface area contributed by atoms with Gasteiger partial charge in [0, 0.05) is 37.7 Å². The monoisotopic (exact) mass is 300 g/mol. The smallest absolute Gasteiger partial charge is 0.255 e. The van der Waals surface area contributed by atoms with Gasteiger partial charge in [0.15, 0.2) is 0 Å². The minimum Gasteiger partial charge on any atom is -0.355 e. The van der Waals surface area contributed by atoms with E-state index >= 15 is 0 Å². The lowest BCUT2D eigenvalue weighted by Gasteiger charge is -2.20. The van der Waals surface area contributed by atoms with Gasteiger partial charge in [-0.25, -0.2) is 0 Å². The number of rotatable bonds is 5. The second-order valence-corrected chi connectivity index (χ2v) is 5.67. The Morgan fingerprint density at radius 1 is 1.45 bits per heavy atom. The molecule has 2 amide bonds. The zero-order chi connectivity index (χ0) is 16.3. The van der Waals surface area contributed by atoms with E-state index in [9.17, 15) is 14.9 Å². The molecule has 0 radical (unpaired) electrons. The minimum atomic E-state index is -0.585. The Hall–Kier alpha value is -2.39. The van der Waals surface area contributed by atoms with Crippen LogP contribution in [0, 0.1) is 11.3 Å². The van der Waals surface area contributed by atoms with E-state index in [1.54, 1.807) is 6.07 Å². The molecule has 116 valence electrons. The van der Waals surface area contributed by atoms with E-state index in [1.807, 2.05) is 31.1 Å². The Kier molecular flexibility index (Phi) is 4.78. The molecule has 1 heterocycles. The summed E-state index contributed by atoms with van der Waals surface area (Å²) in [5.74, 6) is -0.297. The largest absolute Gasteiger partial charge is 0.355 e. The molecule has 6 heteroatoms. The van der Waals surface area contributed by atoms with Crippen LogP contribution in [0.1, 0.15) is 34.5 Å². The van der Waals surface area contributed by atoms with Crippen molar-refractivity contribution >= 4 is 11.8 Å².